The maximum atomic E-state index is 12.1. The van der Waals surface area contributed by atoms with Crippen LogP contribution >= 0.6 is 0 Å². The fourth-order valence-corrected chi connectivity index (χ4v) is 3.88. The summed E-state index contributed by atoms with van der Waals surface area (Å²) in [6.45, 7) is 10.5. The Labute approximate surface area is 137 Å². The maximum Gasteiger partial charge on any atom is 0.408 e. The fraction of sp³-hybridized carbons (Fsp3) is 0.938. The third kappa shape index (κ3) is 6.65. The van der Waals surface area contributed by atoms with Crippen LogP contribution in [0.5, 0.6) is 0 Å². The second-order valence-electron chi connectivity index (χ2n) is 7.12. The second-order valence-corrected chi connectivity index (χ2v) is 8.81. The summed E-state index contributed by atoms with van der Waals surface area (Å²) in [7, 11) is -0.640. The molecule has 6 heteroatoms. The lowest BCUT2D eigenvalue weighted by Crippen LogP contribution is -2.56. The topological polar surface area (TPSA) is 67.4 Å². The molecule has 1 aliphatic heterocycles. The number of nitrogens with one attached hydrogen (secondary N) is 2. The summed E-state index contributed by atoms with van der Waals surface area (Å²) in [6, 6.07) is 0.399. The van der Waals surface area contributed by atoms with Gasteiger partial charge in [-0.05, 0) is 46.5 Å². The highest BCUT2D eigenvalue weighted by Gasteiger charge is 2.31. The molecule has 0 saturated carbocycles. The van der Waals surface area contributed by atoms with Gasteiger partial charge in [-0.3, -0.25) is 4.21 Å². The Hall–Kier alpha value is -0.620. The molecule has 0 bridgehead atoms. The molecular formula is C16H32N2O3S. The summed E-state index contributed by atoms with van der Waals surface area (Å²) in [5, 5.41) is 6.60. The zero-order chi connectivity index (χ0) is 16.8. The molecule has 1 aliphatic rings. The maximum absolute atomic E-state index is 12.1. The van der Waals surface area contributed by atoms with Crippen molar-refractivity contribution in [1.82, 2.24) is 10.6 Å². The highest BCUT2D eigenvalue weighted by molar-refractivity contribution is 7.85. The number of alkyl carbamates (subject to hydrolysis) is 1. The predicted octanol–water partition coefficient (Wildman–Crippen LogP) is 2.57. The minimum atomic E-state index is -0.640. The molecule has 2 N–H and O–H groups in total. The van der Waals surface area contributed by atoms with Crippen LogP contribution in [0.15, 0.2) is 0 Å². The Morgan fingerprint density at radius 1 is 1.18 bits per heavy atom. The molecule has 130 valence electrons. The van der Waals surface area contributed by atoms with Gasteiger partial charge in [-0.2, -0.15) is 0 Å². The van der Waals surface area contributed by atoms with E-state index >= 15 is 0 Å². The second kappa shape index (κ2) is 8.29. The van der Waals surface area contributed by atoms with Crippen LogP contribution in [0, 0.1) is 0 Å². The van der Waals surface area contributed by atoms with E-state index in [4.69, 9.17) is 4.74 Å². The van der Waals surface area contributed by atoms with Crippen molar-refractivity contribution in [1.29, 1.82) is 0 Å². The summed E-state index contributed by atoms with van der Waals surface area (Å²) >= 11 is 0. The van der Waals surface area contributed by atoms with Gasteiger partial charge < -0.3 is 15.4 Å². The van der Waals surface area contributed by atoms with Crippen molar-refractivity contribution in [2.75, 3.05) is 18.1 Å². The monoisotopic (exact) mass is 332 g/mol. The average Bonchev–Trinajstić information content (AvgIpc) is 2.43. The molecule has 22 heavy (non-hydrogen) atoms. The van der Waals surface area contributed by atoms with Gasteiger partial charge >= 0.3 is 6.09 Å². The summed E-state index contributed by atoms with van der Waals surface area (Å²) < 4.78 is 16.8. The zero-order valence-corrected chi connectivity index (χ0v) is 15.5. The van der Waals surface area contributed by atoms with Crippen molar-refractivity contribution in [2.45, 2.75) is 77.5 Å². The highest BCUT2D eigenvalue weighted by atomic mass is 32.2. The summed E-state index contributed by atoms with van der Waals surface area (Å²) in [5.74, 6) is 1.56. The van der Waals surface area contributed by atoms with Crippen molar-refractivity contribution in [3.05, 3.63) is 0 Å². The van der Waals surface area contributed by atoms with Gasteiger partial charge in [-0.25, -0.2) is 4.79 Å². The lowest BCUT2D eigenvalue weighted by atomic mass is 9.92. The number of ether oxygens (including phenoxy) is 1. The first-order valence-electron chi connectivity index (χ1n) is 8.29. The lowest BCUT2D eigenvalue weighted by Gasteiger charge is -2.36. The lowest BCUT2D eigenvalue weighted by molar-refractivity contribution is 0.0443. The normalized spacial score (nSPS) is 23.1. The molecular weight excluding hydrogens is 300 g/mol. The van der Waals surface area contributed by atoms with Crippen molar-refractivity contribution in [3.63, 3.8) is 0 Å². The van der Waals surface area contributed by atoms with Gasteiger partial charge in [-0.15, -0.1) is 0 Å². The van der Waals surface area contributed by atoms with E-state index in [1.54, 1.807) is 0 Å². The molecule has 1 amide bonds. The first-order valence-corrected chi connectivity index (χ1v) is 9.78. The summed E-state index contributed by atoms with van der Waals surface area (Å²) in [6.07, 6.45) is 3.22. The quantitative estimate of drug-likeness (QED) is 0.784. The van der Waals surface area contributed by atoms with E-state index in [1.807, 2.05) is 20.8 Å². The number of carbonyl (C=O) groups is 1. The number of rotatable bonds is 6. The SMILES string of the molecule is CCC(CC)(CNC1CCS(=O)CC1)NC(=O)OC(C)(C)C. The highest BCUT2D eigenvalue weighted by Crippen LogP contribution is 2.18. The third-order valence-electron chi connectivity index (χ3n) is 4.24. The molecule has 0 aliphatic carbocycles. The van der Waals surface area contributed by atoms with Gasteiger partial charge in [0, 0.05) is 34.9 Å². The van der Waals surface area contributed by atoms with Crippen LogP contribution in [0.4, 0.5) is 4.79 Å². The van der Waals surface area contributed by atoms with E-state index < -0.39 is 16.4 Å². The van der Waals surface area contributed by atoms with Crippen molar-refractivity contribution < 1.29 is 13.7 Å². The molecule has 1 saturated heterocycles. The van der Waals surface area contributed by atoms with Crippen LogP contribution in [-0.4, -0.2) is 45.5 Å². The van der Waals surface area contributed by atoms with Crippen LogP contribution in [0.2, 0.25) is 0 Å². The zero-order valence-electron chi connectivity index (χ0n) is 14.7. The van der Waals surface area contributed by atoms with E-state index in [0.29, 0.717) is 6.04 Å². The van der Waals surface area contributed by atoms with Crippen molar-refractivity contribution in [2.24, 2.45) is 0 Å². The Kier molecular flexibility index (Phi) is 7.32. The molecule has 0 atom stereocenters. The van der Waals surface area contributed by atoms with Gasteiger partial charge in [0.2, 0.25) is 0 Å². The fourth-order valence-electron chi connectivity index (χ4n) is 2.58. The van der Waals surface area contributed by atoms with Gasteiger partial charge in [0.25, 0.3) is 0 Å². The van der Waals surface area contributed by atoms with Gasteiger partial charge in [0.15, 0.2) is 0 Å². The number of hydrogen-bond acceptors (Lipinski definition) is 4. The third-order valence-corrected chi connectivity index (χ3v) is 5.62. The van der Waals surface area contributed by atoms with Crippen LogP contribution in [0.1, 0.15) is 60.3 Å². The van der Waals surface area contributed by atoms with E-state index in [9.17, 15) is 9.00 Å². The minimum absolute atomic E-state index is 0.293. The first-order chi connectivity index (χ1) is 10.2. The Morgan fingerprint density at radius 2 is 1.73 bits per heavy atom. The van der Waals surface area contributed by atoms with Crippen LogP contribution in [0.25, 0.3) is 0 Å². The molecule has 0 aromatic heterocycles. The number of carbonyl (C=O) groups excluding carboxylic acids is 1. The van der Waals surface area contributed by atoms with E-state index in [2.05, 4.69) is 24.5 Å². The molecule has 1 fully saturated rings. The summed E-state index contributed by atoms with van der Waals surface area (Å²) in [4.78, 5) is 12.1. The largest absolute Gasteiger partial charge is 0.444 e. The number of hydrogen-bond donors (Lipinski definition) is 2. The summed E-state index contributed by atoms with van der Waals surface area (Å²) in [5.41, 5.74) is -0.781. The van der Waals surface area contributed by atoms with Crippen molar-refractivity contribution >= 4 is 16.9 Å². The van der Waals surface area contributed by atoms with Gasteiger partial charge in [-0.1, -0.05) is 13.8 Å². The van der Waals surface area contributed by atoms with Gasteiger partial charge in [0.1, 0.15) is 5.60 Å². The molecule has 1 rings (SSSR count). The molecule has 0 radical (unpaired) electrons. The Bertz CT molecular complexity index is 379. The van der Waals surface area contributed by atoms with Crippen molar-refractivity contribution in [3.8, 4) is 0 Å². The smallest absolute Gasteiger partial charge is 0.408 e. The Balaban J connectivity index is 2.55. The average molecular weight is 333 g/mol. The molecule has 0 aromatic carbocycles. The van der Waals surface area contributed by atoms with E-state index in [-0.39, 0.29) is 11.6 Å². The van der Waals surface area contributed by atoms with E-state index in [1.165, 1.54) is 0 Å². The van der Waals surface area contributed by atoms with Crippen LogP contribution < -0.4 is 10.6 Å². The molecule has 0 aromatic rings. The molecule has 0 spiro atoms. The first kappa shape index (κ1) is 19.4. The van der Waals surface area contributed by atoms with Crippen LogP contribution in [0.3, 0.4) is 0 Å². The molecule has 1 heterocycles. The predicted molar refractivity (Wildman–Crippen MR) is 91.6 cm³/mol. The Morgan fingerprint density at radius 3 is 2.18 bits per heavy atom. The van der Waals surface area contributed by atoms with Gasteiger partial charge in [0.05, 0.1) is 5.54 Å². The number of amides is 1. The molecule has 0 unspecified atom stereocenters. The van der Waals surface area contributed by atoms with Crippen LogP contribution in [-0.2, 0) is 15.5 Å². The minimum Gasteiger partial charge on any atom is -0.444 e. The molecule has 5 nitrogen and oxygen atoms in total. The standard InChI is InChI=1S/C16H32N2O3S/c1-6-16(7-2,18-14(19)21-15(3,4)5)12-17-13-8-10-22(20)11-9-13/h13,17H,6-12H2,1-5H3,(H,18,19). The van der Waals surface area contributed by atoms with E-state index in [0.717, 1.165) is 43.7 Å².